The number of thiazole rings is 1. The molecular formula is C22H27N3O4S2. The summed E-state index contributed by atoms with van der Waals surface area (Å²) < 4.78 is 32.0. The molecule has 7 nitrogen and oxygen atoms in total. The second-order valence-corrected chi connectivity index (χ2v) is 10.3. The Kier molecular flexibility index (Phi) is 7.64. The maximum atomic E-state index is 13.1. The lowest BCUT2D eigenvalue weighted by Gasteiger charge is -2.21. The highest BCUT2D eigenvalue weighted by Gasteiger charge is 2.26. The number of amides is 1. The fraction of sp³-hybridized carbons (Fsp3) is 0.364. The lowest BCUT2D eigenvalue weighted by atomic mass is 10.3. The van der Waals surface area contributed by atoms with Crippen LogP contribution in [0.4, 0.5) is 5.13 Å². The van der Waals surface area contributed by atoms with Crippen LogP contribution in [0.1, 0.15) is 13.3 Å². The third kappa shape index (κ3) is 6.03. The van der Waals surface area contributed by atoms with Crippen LogP contribution in [0.2, 0.25) is 0 Å². The molecule has 166 valence electrons. The number of nitrogens with zero attached hydrogens (tertiary/aromatic N) is 3. The highest BCUT2D eigenvalue weighted by Crippen LogP contribution is 2.32. The van der Waals surface area contributed by atoms with E-state index in [1.165, 1.54) is 28.4 Å². The lowest BCUT2D eigenvalue weighted by Crippen LogP contribution is -2.37. The van der Waals surface area contributed by atoms with Crippen LogP contribution in [0.3, 0.4) is 0 Å². The minimum atomic E-state index is -3.74. The summed E-state index contributed by atoms with van der Waals surface area (Å²) in [4.78, 5) is 21.4. The van der Waals surface area contributed by atoms with E-state index in [0.29, 0.717) is 24.7 Å². The molecule has 0 saturated heterocycles. The minimum Gasteiger partial charge on any atom is -0.494 e. The van der Waals surface area contributed by atoms with E-state index in [0.717, 1.165) is 22.5 Å². The van der Waals surface area contributed by atoms with Gasteiger partial charge in [-0.1, -0.05) is 29.5 Å². The lowest BCUT2D eigenvalue weighted by molar-refractivity contribution is -0.116. The summed E-state index contributed by atoms with van der Waals surface area (Å²) >= 11 is 1.36. The van der Waals surface area contributed by atoms with Crippen molar-refractivity contribution in [1.82, 2.24) is 9.88 Å². The van der Waals surface area contributed by atoms with Crippen molar-refractivity contribution in [2.24, 2.45) is 0 Å². The molecule has 0 bridgehead atoms. The van der Waals surface area contributed by atoms with Gasteiger partial charge in [-0.05, 0) is 64.3 Å². The number of carbonyl (C=O) groups excluding carboxylic acids is 1. The van der Waals surface area contributed by atoms with Crippen molar-refractivity contribution >= 4 is 42.4 Å². The Labute approximate surface area is 187 Å². The first kappa shape index (κ1) is 23.2. The predicted molar refractivity (Wildman–Crippen MR) is 125 cm³/mol. The van der Waals surface area contributed by atoms with Crippen LogP contribution < -0.4 is 9.64 Å². The van der Waals surface area contributed by atoms with Gasteiger partial charge in [-0.25, -0.2) is 13.4 Å². The van der Waals surface area contributed by atoms with Gasteiger partial charge in [-0.15, -0.1) is 0 Å². The first-order valence-electron chi connectivity index (χ1n) is 10.1. The molecule has 0 spiro atoms. The normalized spacial score (nSPS) is 11.7. The van der Waals surface area contributed by atoms with Crippen LogP contribution in [0.5, 0.6) is 5.75 Å². The summed E-state index contributed by atoms with van der Waals surface area (Å²) in [5.41, 5.74) is 0.750. The van der Waals surface area contributed by atoms with Crippen molar-refractivity contribution in [2.45, 2.75) is 18.2 Å². The molecule has 1 amide bonds. The minimum absolute atomic E-state index is 0.141. The van der Waals surface area contributed by atoms with Gasteiger partial charge in [0.05, 0.1) is 21.7 Å². The third-order valence-electron chi connectivity index (χ3n) is 4.59. The van der Waals surface area contributed by atoms with Gasteiger partial charge in [-0.2, -0.15) is 0 Å². The maximum Gasteiger partial charge on any atom is 0.244 e. The maximum absolute atomic E-state index is 13.1. The van der Waals surface area contributed by atoms with Gasteiger partial charge >= 0.3 is 0 Å². The Bertz CT molecular complexity index is 1130. The van der Waals surface area contributed by atoms with Crippen molar-refractivity contribution in [2.75, 3.05) is 44.4 Å². The molecule has 0 aliphatic heterocycles. The Morgan fingerprint density at radius 1 is 1.10 bits per heavy atom. The molecule has 9 heteroatoms. The van der Waals surface area contributed by atoms with Gasteiger partial charge in [-0.3, -0.25) is 9.69 Å². The number of ether oxygens (including phenoxy) is 1. The highest BCUT2D eigenvalue weighted by atomic mass is 32.2. The van der Waals surface area contributed by atoms with E-state index in [2.05, 4.69) is 4.98 Å². The summed E-state index contributed by atoms with van der Waals surface area (Å²) in [6.07, 6.45) is 0.699. The molecule has 3 aromatic rings. The Morgan fingerprint density at radius 2 is 1.84 bits per heavy atom. The Morgan fingerprint density at radius 3 is 2.52 bits per heavy atom. The van der Waals surface area contributed by atoms with Crippen LogP contribution in [-0.2, 0) is 14.6 Å². The summed E-state index contributed by atoms with van der Waals surface area (Å²) in [5, 5.41) is 0.496. The molecule has 1 aromatic heterocycles. The molecule has 0 aliphatic rings. The fourth-order valence-electron chi connectivity index (χ4n) is 3.09. The summed E-state index contributed by atoms with van der Waals surface area (Å²) in [6.45, 7) is 3.64. The van der Waals surface area contributed by atoms with Crippen LogP contribution in [0.15, 0.2) is 53.4 Å². The number of anilines is 1. The van der Waals surface area contributed by atoms with Gasteiger partial charge in [0.25, 0.3) is 0 Å². The number of rotatable bonds is 10. The second kappa shape index (κ2) is 10.2. The van der Waals surface area contributed by atoms with Crippen molar-refractivity contribution in [3.8, 4) is 5.75 Å². The van der Waals surface area contributed by atoms with Gasteiger partial charge in [0, 0.05) is 6.54 Å². The number of aromatic nitrogens is 1. The topological polar surface area (TPSA) is 79.8 Å². The zero-order chi connectivity index (χ0) is 22.4. The van der Waals surface area contributed by atoms with Gasteiger partial charge in [0.2, 0.25) is 5.91 Å². The predicted octanol–water partition coefficient (Wildman–Crippen LogP) is 3.45. The van der Waals surface area contributed by atoms with E-state index in [9.17, 15) is 13.2 Å². The zero-order valence-corrected chi connectivity index (χ0v) is 19.6. The Balaban J connectivity index is 1.88. The number of hydrogen-bond acceptors (Lipinski definition) is 7. The van der Waals surface area contributed by atoms with Crippen molar-refractivity contribution in [3.05, 3.63) is 48.5 Å². The number of hydrogen-bond donors (Lipinski definition) is 0. The van der Waals surface area contributed by atoms with Crippen LogP contribution in [0, 0.1) is 0 Å². The molecule has 0 radical (unpaired) electrons. The summed E-state index contributed by atoms with van der Waals surface area (Å²) in [5.74, 6) is -0.340. The largest absolute Gasteiger partial charge is 0.494 e. The molecule has 3 rings (SSSR count). The van der Waals surface area contributed by atoms with E-state index >= 15 is 0 Å². The quantitative estimate of drug-likeness (QED) is 0.460. The first-order chi connectivity index (χ1) is 14.8. The molecular weight excluding hydrogens is 434 g/mol. The van der Waals surface area contributed by atoms with Crippen molar-refractivity contribution in [1.29, 1.82) is 0 Å². The second-order valence-electron chi connectivity index (χ2n) is 7.33. The van der Waals surface area contributed by atoms with E-state index in [-0.39, 0.29) is 4.90 Å². The highest BCUT2D eigenvalue weighted by molar-refractivity contribution is 7.92. The number of benzene rings is 2. The zero-order valence-electron chi connectivity index (χ0n) is 17.9. The molecule has 1 heterocycles. The van der Waals surface area contributed by atoms with E-state index in [1.54, 1.807) is 18.2 Å². The van der Waals surface area contributed by atoms with E-state index < -0.39 is 21.5 Å². The van der Waals surface area contributed by atoms with Crippen molar-refractivity contribution in [3.63, 3.8) is 0 Å². The average Bonchev–Trinajstić information content (AvgIpc) is 3.14. The van der Waals surface area contributed by atoms with Gasteiger partial charge in [0.15, 0.2) is 15.0 Å². The standard InChI is InChI=1S/C22H27N3O4S2/c1-4-29-17-11-12-19-20(15-17)30-22(23-19)25(14-8-13-24(2)3)21(26)16-31(27,28)18-9-6-5-7-10-18/h5-7,9-12,15H,4,8,13-14,16H2,1-3H3. The van der Waals surface area contributed by atoms with Crippen LogP contribution in [0.25, 0.3) is 10.2 Å². The monoisotopic (exact) mass is 461 g/mol. The Hall–Kier alpha value is -2.49. The molecule has 2 aromatic carbocycles. The molecule has 0 N–H and O–H groups in total. The summed E-state index contributed by atoms with van der Waals surface area (Å²) in [7, 11) is 0.172. The average molecular weight is 462 g/mol. The molecule has 31 heavy (non-hydrogen) atoms. The SMILES string of the molecule is CCOc1ccc2nc(N(CCCN(C)C)C(=O)CS(=O)(=O)c3ccccc3)sc2c1. The van der Waals surface area contributed by atoms with Gasteiger partial charge in [0.1, 0.15) is 11.5 Å². The fourth-order valence-corrected chi connectivity index (χ4v) is 5.35. The van der Waals surface area contributed by atoms with E-state index in [4.69, 9.17) is 4.74 Å². The number of fused-ring (bicyclic) bond motifs is 1. The number of carbonyl (C=O) groups is 1. The summed E-state index contributed by atoms with van der Waals surface area (Å²) in [6, 6.07) is 13.6. The third-order valence-corrected chi connectivity index (χ3v) is 7.25. The number of sulfone groups is 1. The molecule has 0 saturated carbocycles. The van der Waals surface area contributed by atoms with Crippen LogP contribution in [-0.4, -0.2) is 63.8 Å². The molecule has 0 atom stereocenters. The molecule has 0 aliphatic carbocycles. The smallest absolute Gasteiger partial charge is 0.244 e. The van der Waals surface area contributed by atoms with E-state index in [1.807, 2.05) is 44.1 Å². The van der Waals surface area contributed by atoms with Crippen LogP contribution >= 0.6 is 11.3 Å². The molecule has 0 unspecified atom stereocenters. The van der Waals surface area contributed by atoms with Crippen molar-refractivity contribution < 1.29 is 17.9 Å². The molecule has 0 fully saturated rings. The first-order valence-corrected chi connectivity index (χ1v) is 12.5. The van der Waals surface area contributed by atoms with Gasteiger partial charge < -0.3 is 9.64 Å².